The van der Waals surface area contributed by atoms with Crippen LogP contribution in [-0.4, -0.2) is 49.8 Å². The number of hydrogen-bond acceptors (Lipinski definition) is 5. The summed E-state index contributed by atoms with van der Waals surface area (Å²) in [5.41, 5.74) is 0.600. The van der Waals surface area contributed by atoms with Gasteiger partial charge in [0.25, 0.3) is 0 Å². The highest BCUT2D eigenvalue weighted by atomic mass is 79.9. The Labute approximate surface area is 115 Å². The van der Waals surface area contributed by atoms with Crippen molar-refractivity contribution in [2.75, 3.05) is 33.4 Å². The van der Waals surface area contributed by atoms with E-state index in [0.717, 1.165) is 4.47 Å². The lowest BCUT2D eigenvalue weighted by Gasteiger charge is -2.06. The van der Waals surface area contributed by atoms with Crippen LogP contribution in [0.1, 0.15) is 5.56 Å². The summed E-state index contributed by atoms with van der Waals surface area (Å²) >= 11 is 3.34. The molecule has 0 spiro atoms. The molecule has 0 aromatic heterocycles. The number of methoxy groups -OCH3 is 1. The number of ether oxygens (including phenoxy) is 1. The molecule has 18 heavy (non-hydrogen) atoms. The number of rotatable bonds is 7. The largest absolute Gasteiger partial charge is 0.504 e. The van der Waals surface area contributed by atoms with Gasteiger partial charge in [0.15, 0.2) is 11.5 Å². The van der Waals surface area contributed by atoms with Gasteiger partial charge in [0.2, 0.25) is 0 Å². The molecule has 1 aromatic rings. The van der Waals surface area contributed by atoms with Gasteiger partial charge in [-0.3, -0.25) is 4.99 Å². The molecule has 0 fully saturated rings. The van der Waals surface area contributed by atoms with Crippen LogP contribution in [0, 0.1) is 0 Å². The standard InChI is InChI=1S/C12H17BrN2O3/c1-18-11-7-10(13)6-9(12(11)17)8-15-3-2-14-4-5-16/h6-8,14,16-17H,2-5H2,1H3. The van der Waals surface area contributed by atoms with E-state index in [4.69, 9.17) is 9.84 Å². The van der Waals surface area contributed by atoms with Gasteiger partial charge in [-0.2, -0.15) is 0 Å². The third-order valence-corrected chi connectivity index (χ3v) is 2.68. The van der Waals surface area contributed by atoms with Crippen molar-refractivity contribution in [3.8, 4) is 11.5 Å². The number of halogens is 1. The van der Waals surface area contributed by atoms with Crippen LogP contribution < -0.4 is 10.1 Å². The smallest absolute Gasteiger partial charge is 0.166 e. The second-order valence-electron chi connectivity index (χ2n) is 3.55. The molecule has 0 unspecified atom stereocenters. The van der Waals surface area contributed by atoms with Crippen LogP contribution in [0.5, 0.6) is 11.5 Å². The molecule has 0 saturated heterocycles. The number of nitrogens with one attached hydrogen (secondary N) is 1. The molecule has 0 heterocycles. The van der Waals surface area contributed by atoms with Crippen molar-refractivity contribution in [3.05, 3.63) is 22.2 Å². The summed E-state index contributed by atoms with van der Waals surface area (Å²) in [6.07, 6.45) is 1.60. The maximum absolute atomic E-state index is 9.87. The van der Waals surface area contributed by atoms with E-state index in [1.807, 2.05) is 0 Å². The van der Waals surface area contributed by atoms with Crippen molar-refractivity contribution in [1.82, 2.24) is 5.32 Å². The molecule has 0 aliphatic heterocycles. The molecule has 0 aliphatic carbocycles. The van der Waals surface area contributed by atoms with Crippen LogP contribution in [0.15, 0.2) is 21.6 Å². The monoisotopic (exact) mass is 316 g/mol. The topological polar surface area (TPSA) is 74.1 Å². The minimum absolute atomic E-state index is 0.0766. The van der Waals surface area contributed by atoms with Gasteiger partial charge in [0.1, 0.15) is 0 Å². The summed E-state index contributed by atoms with van der Waals surface area (Å²) in [7, 11) is 1.50. The van der Waals surface area contributed by atoms with Gasteiger partial charge < -0.3 is 20.3 Å². The van der Waals surface area contributed by atoms with E-state index < -0.39 is 0 Å². The first-order chi connectivity index (χ1) is 8.69. The molecule has 0 amide bonds. The Hall–Kier alpha value is -1.11. The minimum Gasteiger partial charge on any atom is -0.504 e. The molecular weight excluding hydrogens is 300 g/mol. The maximum Gasteiger partial charge on any atom is 0.166 e. The third kappa shape index (κ3) is 4.64. The van der Waals surface area contributed by atoms with Crippen molar-refractivity contribution in [2.45, 2.75) is 0 Å². The van der Waals surface area contributed by atoms with Gasteiger partial charge in [-0.05, 0) is 12.1 Å². The summed E-state index contributed by atoms with van der Waals surface area (Å²) in [6.45, 7) is 1.94. The average molecular weight is 317 g/mol. The highest BCUT2D eigenvalue weighted by Gasteiger charge is 2.07. The van der Waals surface area contributed by atoms with E-state index in [1.54, 1.807) is 18.3 Å². The fraction of sp³-hybridized carbons (Fsp3) is 0.417. The van der Waals surface area contributed by atoms with Crippen LogP contribution in [0.3, 0.4) is 0 Å². The SMILES string of the molecule is COc1cc(Br)cc(C=NCCNCCO)c1O. The summed E-state index contributed by atoms with van der Waals surface area (Å²) in [6, 6.07) is 3.46. The first kappa shape index (κ1) is 14.9. The lowest BCUT2D eigenvalue weighted by Crippen LogP contribution is -2.21. The molecule has 5 nitrogen and oxygen atoms in total. The minimum atomic E-state index is 0.0766. The van der Waals surface area contributed by atoms with E-state index in [0.29, 0.717) is 30.9 Å². The summed E-state index contributed by atoms with van der Waals surface area (Å²) in [4.78, 5) is 4.19. The lowest BCUT2D eigenvalue weighted by atomic mass is 10.2. The number of phenolic OH excluding ortho intramolecular Hbond substituents is 1. The lowest BCUT2D eigenvalue weighted by molar-refractivity contribution is 0.293. The quantitative estimate of drug-likeness (QED) is 0.521. The predicted octanol–water partition coefficient (Wildman–Crippen LogP) is 1.16. The van der Waals surface area contributed by atoms with Crippen molar-refractivity contribution in [1.29, 1.82) is 0 Å². The van der Waals surface area contributed by atoms with Gasteiger partial charge in [-0.15, -0.1) is 0 Å². The number of hydrogen-bond donors (Lipinski definition) is 3. The Bertz CT molecular complexity index is 411. The fourth-order valence-electron chi connectivity index (χ4n) is 1.36. The number of aliphatic hydroxyl groups is 1. The van der Waals surface area contributed by atoms with Crippen LogP contribution in [0.2, 0.25) is 0 Å². The third-order valence-electron chi connectivity index (χ3n) is 2.23. The molecule has 3 N–H and O–H groups in total. The number of aliphatic hydroxyl groups excluding tert-OH is 1. The van der Waals surface area contributed by atoms with E-state index >= 15 is 0 Å². The first-order valence-corrected chi connectivity index (χ1v) is 6.36. The zero-order valence-corrected chi connectivity index (χ0v) is 11.8. The van der Waals surface area contributed by atoms with Crippen LogP contribution >= 0.6 is 15.9 Å². The van der Waals surface area contributed by atoms with Gasteiger partial charge >= 0.3 is 0 Å². The molecule has 0 bridgehead atoms. The molecular formula is C12H17BrN2O3. The molecule has 0 saturated carbocycles. The van der Waals surface area contributed by atoms with Crippen molar-refractivity contribution in [2.24, 2.45) is 4.99 Å². The molecule has 1 rings (SSSR count). The molecule has 6 heteroatoms. The molecule has 1 aromatic carbocycles. The number of phenols is 1. The first-order valence-electron chi connectivity index (χ1n) is 5.57. The Balaban J connectivity index is 2.61. The van der Waals surface area contributed by atoms with Crippen molar-refractivity contribution in [3.63, 3.8) is 0 Å². The predicted molar refractivity (Wildman–Crippen MR) is 74.8 cm³/mol. The normalized spacial score (nSPS) is 11.1. The Morgan fingerprint density at radius 3 is 2.89 bits per heavy atom. The van der Waals surface area contributed by atoms with Gasteiger partial charge in [-0.1, -0.05) is 15.9 Å². The average Bonchev–Trinajstić information content (AvgIpc) is 2.37. The zero-order valence-electron chi connectivity index (χ0n) is 10.2. The zero-order chi connectivity index (χ0) is 13.4. The Morgan fingerprint density at radius 2 is 2.22 bits per heavy atom. The Kier molecular flexibility index (Phi) is 6.70. The van der Waals surface area contributed by atoms with Crippen LogP contribution in [-0.2, 0) is 0 Å². The van der Waals surface area contributed by atoms with Crippen molar-refractivity contribution >= 4 is 22.1 Å². The van der Waals surface area contributed by atoms with E-state index in [2.05, 4.69) is 26.2 Å². The summed E-state index contributed by atoms with van der Waals surface area (Å²) in [5, 5.41) is 21.5. The van der Waals surface area contributed by atoms with E-state index in [1.165, 1.54) is 7.11 Å². The van der Waals surface area contributed by atoms with Crippen LogP contribution in [0.4, 0.5) is 0 Å². The Morgan fingerprint density at radius 1 is 1.44 bits per heavy atom. The van der Waals surface area contributed by atoms with Crippen molar-refractivity contribution < 1.29 is 14.9 Å². The fourth-order valence-corrected chi connectivity index (χ4v) is 1.81. The van der Waals surface area contributed by atoms with E-state index in [9.17, 15) is 5.11 Å². The number of benzene rings is 1. The van der Waals surface area contributed by atoms with Gasteiger partial charge in [-0.25, -0.2) is 0 Å². The molecule has 0 radical (unpaired) electrons. The molecule has 100 valence electrons. The molecule has 0 aliphatic rings. The number of aromatic hydroxyl groups is 1. The highest BCUT2D eigenvalue weighted by Crippen LogP contribution is 2.32. The van der Waals surface area contributed by atoms with Crippen LogP contribution in [0.25, 0.3) is 0 Å². The van der Waals surface area contributed by atoms with Gasteiger partial charge in [0, 0.05) is 29.3 Å². The second-order valence-corrected chi connectivity index (χ2v) is 4.47. The summed E-state index contributed by atoms with van der Waals surface area (Å²) in [5.74, 6) is 0.483. The number of nitrogens with zero attached hydrogens (tertiary/aromatic N) is 1. The molecule has 0 atom stereocenters. The second kappa shape index (κ2) is 8.07. The number of aliphatic imine (C=N–C) groups is 1. The van der Waals surface area contributed by atoms with E-state index in [-0.39, 0.29) is 12.4 Å². The van der Waals surface area contributed by atoms with Gasteiger partial charge in [0.05, 0.1) is 20.3 Å². The summed E-state index contributed by atoms with van der Waals surface area (Å²) < 4.78 is 5.86. The highest BCUT2D eigenvalue weighted by molar-refractivity contribution is 9.10. The maximum atomic E-state index is 9.87.